The molecule has 2 aromatic heterocycles. The van der Waals surface area contributed by atoms with E-state index in [1.165, 1.54) is 26.9 Å². The molecule has 0 bridgehead atoms. The van der Waals surface area contributed by atoms with Gasteiger partial charge in [0.05, 0.1) is 10.2 Å². The molecule has 2 rings (SSSR count). The number of aryl methyl sites for hydroxylation is 3. The summed E-state index contributed by atoms with van der Waals surface area (Å²) in [6.45, 7) is 8.54. The smallest absolute Gasteiger partial charge is 0.0844 e. The van der Waals surface area contributed by atoms with Gasteiger partial charge in [0.25, 0.3) is 0 Å². The molecule has 0 aliphatic heterocycles. The van der Waals surface area contributed by atoms with Gasteiger partial charge in [-0.2, -0.15) is 0 Å². The molecule has 0 saturated carbocycles. The summed E-state index contributed by atoms with van der Waals surface area (Å²) in [5, 5.41) is 2.18. The molecular formula is C11H13NS. The number of aromatic nitrogens is 1. The first-order valence-corrected chi connectivity index (χ1v) is 5.31. The topological polar surface area (TPSA) is 12.9 Å². The van der Waals surface area contributed by atoms with Crippen molar-refractivity contribution < 1.29 is 0 Å². The van der Waals surface area contributed by atoms with E-state index in [0.717, 1.165) is 5.69 Å². The maximum Gasteiger partial charge on any atom is 0.0844 e. The number of nitrogens with zero attached hydrogens (tertiary/aromatic N) is 1. The SMILES string of the molecule is Cc1nc2c(C)csc2c(C)c1C. The highest BCUT2D eigenvalue weighted by Crippen LogP contribution is 2.29. The van der Waals surface area contributed by atoms with Gasteiger partial charge in [0, 0.05) is 5.69 Å². The fourth-order valence-corrected chi connectivity index (χ4v) is 2.59. The Morgan fingerprint density at radius 3 is 2.46 bits per heavy atom. The Hall–Kier alpha value is -0.890. The average molecular weight is 191 g/mol. The lowest BCUT2D eigenvalue weighted by atomic mass is 10.1. The maximum atomic E-state index is 4.61. The highest BCUT2D eigenvalue weighted by Gasteiger charge is 2.08. The summed E-state index contributed by atoms with van der Waals surface area (Å²) >= 11 is 1.80. The summed E-state index contributed by atoms with van der Waals surface area (Å²) in [6.07, 6.45) is 0. The third-order valence-corrected chi connectivity index (χ3v) is 3.87. The maximum absolute atomic E-state index is 4.61. The van der Waals surface area contributed by atoms with Gasteiger partial charge in [0.1, 0.15) is 0 Å². The van der Waals surface area contributed by atoms with E-state index in [9.17, 15) is 0 Å². The largest absolute Gasteiger partial charge is 0.252 e. The number of hydrogen-bond donors (Lipinski definition) is 0. The van der Waals surface area contributed by atoms with Crippen molar-refractivity contribution in [2.24, 2.45) is 0 Å². The minimum absolute atomic E-state index is 1.16. The predicted molar refractivity (Wildman–Crippen MR) is 58.6 cm³/mol. The van der Waals surface area contributed by atoms with Crippen LogP contribution in [0.2, 0.25) is 0 Å². The zero-order valence-electron chi connectivity index (χ0n) is 8.43. The summed E-state index contributed by atoms with van der Waals surface area (Å²) in [5.74, 6) is 0. The van der Waals surface area contributed by atoms with Crippen molar-refractivity contribution >= 4 is 21.6 Å². The number of pyridine rings is 1. The fraction of sp³-hybridized carbons (Fsp3) is 0.364. The Kier molecular flexibility index (Phi) is 1.88. The second-order valence-electron chi connectivity index (χ2n) is 3.54. The van der Waals surface area contributed by atoms with E-state index < -0.39 is 0 Å². The normalized spacial score (nSPS) is 11.1. The van der Waals surface area contributed by atoms with E-state index in [4.69, 9.17) is 0 Å². The van der Waals surface area contributed by atoms with Gasteiger partial charge < -0.3 is 0 Å². The number of thiophene rings is 1. The lowest BCUT2D eigenvalue weighted by Crippen LogP contribution is -1.91. The van der Waals surface area contributed by atoms with Crippen LogP contribution in [0, 0.1) is 27.7 Å². The molecule has 0 aliphatic carbocycles. The third kappa shape index (κ3) is 1.17. The van der Waals surface area contributed by atoms with Gasteiger partial charge in [-0.25, -0.2) is 0 Å². The van der Waals surface area contributed by atoms with Crippen LogP contribution in [0.1, 0.15) is 22.4 Å². The average Bonchev–Trinajstić information content (AvgIpc) is 2.45. The van der Waals surface area contributed by atoms with Gasteiger partial charge in [-0.3, -0.25) is 4.98 Å². The minimum Gasteiger partial charge on any atom is -0.252 e. The van der Waals surface area contributed by atoms with Gasteiger partial charge in [-0.15, -0.1) is 11.3 Å². The van der Waals surface area contributed by atoms with Crippen molar-refractivity contribution in [1.29, 1.82) is 0 Å². The van der Waals surface area contributed by atoms with Gasteiger partial charge in [0.2, 0.25) is 0 Å². The second kappa shape index (κ2) is 2.81. The van der Waals surface area contributed by atoms with Crippen LogP contribution < -0.4 is 0 Å². The van der Waals surface area contributed by atoms with Crippen molar-refractivity contribution in [3.63, 3.8) is 0 Å². The standard InChI is InChI=1S/C11H13NS/c1-6-5-13-11-8(3)7(2)9(4)12-10(6)11/h5H,1-4H3. The molecule has 0 unspecified atom stereocenters. The van der Waals surface area contributed by atoms with E-state index >= 15 is 0 Å². The fourth-order valence-electron chi connectivity index (χ4n) is 1.54. The van der Waals surface area contributed by atoms with E-state index in [1.807, 2.05) is 0 Å². The summed E-state index contributed by atoms with van der Waals surface area (Å²) in [6, 6.07) is 0. The third-order valence-electron chi connectivity index (χ3n) is 2.67. The van der Waals surface area contributed by atoms with Gasteiger partial charge in [-0.05, 0) is 49.8 Å². The van der Waals surface area contributed by atoms with Crippen LogP contribution in [0.3, 0.4) is 0 Å². The molecule has 0 fully saturated rings. The quantitative estimate of drug-likeness (QED) is 0.620. The second-order valence-corrected chi connectivity index (χ2v) is 4.42. The van der Waals surface area contributed by atoms with Gasteiger partial charge in [0.15, 0.2) is 0 Å². The molecule has 0 atom stereocenters. The first kappa shape index (κ1) is 8.70. The lowest BCUT2D eigenvalue weighted by Gasteiger charge is -2.04. The van der Waals surface area contributed by atoms with Crippen LogP contribution >= 0.6 is 11.3 Å². The van der Waals surface area contributed by atoms with E-state index in [2.05, 4.69) is 38.1 Å². The van der Waals surface area contributed by atoms with E-state index in [0.29, 0.717) is 0 Å². The number of rotatable bonds is 0. The lowest BCUT2D eigenvalue weighted by molar-refractivity contribution is 1.17. The minimum atomic E-state index is 1.16. The molecule has 13 heavy (non-hydrogen) atoms. The van der Waals surface area contributed by atoms with E-state index in [-0.39, 0.29) is 0 Å². The molecular weight excluding hydrogens is 178 g/mol. The van der Waals surface area contributed by atoms with Crippen LogP contribution in [-0.2, 0) is 0 Å². The molecule has 0 spiro atoms. The number of fused-ring (bicyclic) bond motifs is 1. The van der Waals surface area contributed by atoms with Crippen LogP contribution in [0.15, 0.2) is 5.38 Å². The Bertz CT molecular complexity index is 468. The van der Waals surface area contributed by atoms with E-state index in [1.54, 1.807) is 11.3 Å². The van der Waals surface area contributed by atoms with Gasteiger partial charge >= 0.3 is 0 Å². The molecule has 0 amide bonds. The predicted octanol–water partition coefficient (Wildman–Crippen LogP) is 3.53. The van der Waals surface area contributed by atoms with Crippen molar-refractivity contribution in [3.8, 4) is 0 Å². The Morgan fingerprint density at radius 2 is 1.77 bits per heavy atom. The first-order valence-electron chi connectivity index (χ1n) is 4.43. The molecule has 0 radical (unpaired) electrons. The summed E-state index contributed by atoms with van der Waals surface area (Å²) in [4.78, 5) is 4.61. The number of hydrogen-bond acceptors (Lipinski definition) is 2. The van der Waals surface area contributed by atoms with Crippen LogP contribution in [0.4, 0.5) is 0 Å². The molecule has 0 N–H and O–H groups in total. The van der Waals surface area contributed by atoms with Crippen molar-refractivity contribution in [1.82, 2.24) is 4.98 Å². The molecule has 68 valence electrons. The molecule has 2 heteroatoms. The Balaban J connectivity index is 2.96. The zero-order chi connectivity index (χ0) is 9.59. The summed E-state index contributed by atoms with van der Waals surface area (Å²) < 4.78 is 1.35. The molecule has 0 saturated heterocycles. The van der Waals surface area contributed by atoms with Crippen molar-refractivity contribution in [2.75, 3.05) is 0 Å². The van der Waals surface area contributed by atoms with Gasteiger partial charge in [-0.1, -0.05) is 0 Å². The summed E-state index contributed by atoms with van der Waals surface area (Å²) in [7, 11) is 0. The Morgan fingerprint density at radius 1 is 1.08 bits per heavy atom. The highest BCUT2D eigenvalue weighted by molar-refractivity contribution is 7.17. The zero-order valence-corrected chi connectivity index (χ0v) is 9.25. The van der Waals surface area contributed by atoms with Crippen LogP contribution in [-0.4, -0.2) is 4.98 Å². The Labute approximate surface area is 82.4 Å². The monoisotopic (exact) mass is 191 g/mol. The summed E-state index contributed by atoms with van der Waals surface area (Å²) in [5.41, 5.74) is 6.36. The molecule has 0 aliphatic rings. The molecule has 1 nitrogen and oxygen atoms in total. The molecule has 2 heterocycles. The first-order chi connectivity index (χ1) is 6.11. The van der Waals surface area contributed by atoms with Crippen LogP contribution in [0.5, 0.6) is 0 Å². The highest BCUT2D eigenvalue weighted by atomic mass is 32.1. The molecule has 0 aromatic carbocycles. The van der Waals surface area contributed by atoms with Crippen molar-refractivity contribution in [3.05, 3.63) is 27.8 Å². The van der Waals surface area contributed by atoms with Crippen molar-refractivity contribution in [2.45, 2.75) is 27.7 Å². The molecule has 2 aromatic rings. The van der Waals surface area contributed by atoms with Crippen LogP contribution in [0.25, 0.3) is 10.2 Å².